The first-order valence-electron chi connectivity index (χ1n) is 3.47. The Labute approximate surface area is 72.5 Å². The maximum atomic E-state index is 12.3. The summed E-state index contributed by atoms with van der Waals surface area (Å²) in [6.07, 6.45) is 0. The topological polar surface area (TPSA) is 55.5 Å². The largest absolute Gasteiger partial charge is 0.390 e. The van der Waals surface area contributed by atoms with Crippen molar-refractivity contribution in [3.63, 3.8) is 0 Å². The van der Waals surface area contributed by atoms with Crippen LogP contribution >= 0.6 is 0 Å². The zero-order chi connectivity index (χ0) is 10.5. The number of alkyl halides is 4. The van der Waals surface area contributed by atoms with Crippen LogP contribution in [0.5, 0.6) is 0 Å². The number of nitrogens with two attached hydrogens (primary N) is 1. The Morgan fingerprint density at radius 1 is 1.08 bits per heavy atom. The van der Waals surface area contributed by atoms with E-state index in [1.807, 2.05) is 0 Å². The second kappa shape index (κ2) is 4.73. The van der Waals surface area contributed by atoms with E-state index in [1.54, 1.807) is 0 Å². The summed E-state index contributed by atoms with van der Waals surface area (Å²) in [6.45, 7) is -4.79. The van der Waals surface area contributed by atoms with Crippen LogP contribution < -0.4 is 5.73 Å². The maximum absolute atomic E-state index is 12.3. The lowest BCUT2D eigenvalue weighted by Crippen LogP contribution is -2.36. The second-order valence-corrected chi connectivity index (χ2v) is 2.57. The van der Waals surface area contributed by atoms with E-state index < -0.39 is 38.2 Å². The highest BCUT2D eigenvalue weighted by molar-refractivity contribution is 4.68. The zero-order valence-electron chi connectivity index (χ0n) is 6.77. The Balaban J connectivity index is 3.68. The highest BCUT2D eigenvalue weighted by Gasteiger charge is 2.32. The molecular weight excluding hydrogens is 194 g/mol. The molecule has 80 valence electrons. The highest BCUT2D eigenvalue weighted by Crippen LogP contribution is 2.16. The van der Waals surface area contributed by atoms with E-state index in [0.29, 0.717) is 0 Å². The fourth-order valence-electron chi connectivity index (χ4n) is 0.454. The van der Waals surface area contributed by atoms with E-state index >= 15 is 0 Å². The molecule has 0 aliphatic rings. The third-order valence-corrected chi connectivity index (χ3v) is 1.16. The molecule has 0 aliphatic carbocycles. The molecule has 3 N–H and O–H groups in total. The molecule has 0 aromatic rings. The Morgan fingerprint density at radius 2 is 1.54 bits per heavy atom. The van der Waals surface area contributed by atoms with Crippen LogP contribution in [-0.4, -0.2) is 43.3 Å². The Hall–Kier alpha value is -0.400. The number of aliphatic hydroxyl groups excluding tert-OH is 1. The zero-order valence-corrected chi connectivity index (χ0v) is 6.77. The van der Waals surface area contributed by atoms with Crippen LogP contribution in [0.2, 0.25) is 0 Å². The molecule has 0 spiro atoms. The molecular formula is C6H11F4NO2. The van der Waals surface area contributed by atoms with Gasteiger partial charge in [0.1, 0.15) is 19.8 Å². The SMILES string of the molecule is NCC(F)(F)COCC(F)(F)CO. The first-order valence-corrected chi connectivity index (χ1v) is 3.47. The number of ether oxygens (including phenoxy) is 1. The van der Waals surface area contributed by atoms with Crippen LogP contribution in [0.25, 0.3) is 0 Å². The third-order valence-electron chi connectivity index (χ3n) is 1.16. The van der Waals surface area contributed by atoms with Gasteiger partial charge < -0.3 is 15.6 Å². The monoisotopic (exact) mass is 205 g/mol. The molecule has 0 aromatic heterocycles. The van der Waals surface area contributed by atoms with Gasteiger partial charge in [0, 0.05) is 0 Å². The smallest absolute Gasteiger partial charge is 0.293 e. The molecule has 7 heteroatoms. The molecule has 13 heavy (non-hydrogen) atoms. The molecule has 0 radical (unpaired) electrons. The number of halogens is 4. The molecule has 0 saturated heterocycles. The van der Waals surface area contributed by atoms with Crippen molar-refractivity contribution in [2.75, 3.05) is 26.4 Å². The number of aliphatic hydroxyl groups is 1. The molecule has 0 fully saturated rings. The van der Waals surface area contributed by atoms with Gasteiger partial charge in [-0.15, -0.1) is 0 Å². The van der Waals surface area contributed by atoms with Crippen molar-refractivity contribution in [1.82, 2.24) is 0 Å². The summed E-state index contributed by atoms with van der Waals surface area (Å²) in [5.74, 6) is -6.78. The molecule has 0 bridgehead atoms. The average molecular weight is 205 g/mol. The summed E-state index contributed by atoms with van der Waals surface area (Å²) >= 11 is 0. The molecule has 0 aromatic carbocycles. The molecule has 0 aliphatic heterocycles. The quantitative estimate of drug-likeness (QED) is 0.610. The average Bonchev–Trinajstić information content (AvgIpc) is 2.04. The lowest BCUT2D eigenvalue weighted by atomic mass is 10.3. The normalized spacial score (nSPS) is 13.4. The summed E-state index contributed by atoms with van der Waals surface area (Å²) in [7, 11) is 0. The Morgan fingerprint density at radius 3 is 1.92 bits per heavy atom. The predicted octanol–water partition coefficient (Wildman–Crippen LogP) is 0.225. The first-order chi connectivity index (χ1) is 5.83. The summed E-state index contributed by atoms with van der Waals surface area (Å²) in [5.41, 5.74) is 4.62. The van der Waals surface area contributed by atoms with Gasteiger partial charge in [-0.1, -0.05) is 0 Å². The predicted molar refractivity (Wildman–Crippen MR) is 36.9 cm³/mol. The fourth-order valence-corrected chi connectivity index (χ4v) is 0.454. The van der Waals surface area contributed by atoms with Crippen LogP contribution in [-0.2, 0) is 4.74 Å². The van der Waals surface area contributed by atoms with Crippen LogP contribution in [0.4, 0.5) is 17.6 Å². The van der Waals surface area contributed by atoms with E-state index in [0.717, 1.165) is 0 Å². The molecule has 0 atom stereocenters. The van der Waals surface area contributed by atoms with Crippen LogP contribution in [0, 0.1) is 0 Å². The molecule has 3 nitrogen and oxygen atoms in total. The molecule has 0 heterocycles. The highest BCUT2D eigenvalue weighted by atomic mass is 19.3. The fraction of sp³-hybridized carbons (Fsp3) is 1.00. The standard InChI is InChI=1S/C6H11F4NO2/c7-5(8,1-11)3-13-4-6(9,10)2-12/h12H,1-4,11H2. The van der Waals surface area contributed by atoms with Gasteiger partial charge in [0.05, 0.1) is 6.54 Å². The van der Waals surface area contributed by atoms with Gasteiger partial charge in [0.25, 0.3) is 11.8 Å². The van der Waals surface area contributed by atoms with E-state index in [4.69, 9.17) is 5.11 Å². The second-order valence-electron chi connectivity index (χ2n) is 2.57. The number of rotatable bonds is 6. The van der Waals surface area contributed by atoms with Gasteiger partial charge in [0.15, 0.2) is 0 Å². The van der Waals surface area contributed by atoms with Gasteiger partial charge in [-0.05, 0) is 0 Å². The number of hydrogen-bond donors (Lipinski definition) is 2. The third kappa shape index (κ3) is 5.78. The lowest BCUT2D eigenvalue weighted by molar-refractivity contribution is -0.140. The van der Waals surface area contributed by atoms with Gasteiger partial charge in [-0.3, -0.25) is 0 Å². The Kier molecular flexibility index (Phi) is 4.58. The van der Waals surface area contributed by atoms with Crippen molar-refractivity contribution in [3.05, 3.63) is 0 Å². The van der Waals surface area contributed by atoms with E-state index in [-0.39, 0.29) is 0 Å². The van der Waals surface area contributed by atoms with Crippen LogP contribution in [0.1, 0.15) is 0 Å². The van der Waals surface area contributed by atoms with E-state index in [9.17, 15) is 17.6 Å². The van der Waals surface area contributed by atoms with Crippen LogP contribution in [0.3, 0.4) is 0 Å². The van der Waals surface area contributed by atoms with Crippen molar-refractivity contribution in [1.29, 1.82) is 0 Å². The van der Waals surface area contributed by atoms with Gasteiger partial charge in [-0.25, -0.2) is 17.6 Å². The van der Waals surface area contributed by atoms with Crippen molar-refractivity contribution >= 4 is 0 Å². The molecule has 0 unspecified atom stereocenters. The van der Waals surface area contributed by atoms with Gasteiger partial charge >= 0.3 is 0 Å². The van der Waals surface area contributed by atoms with Crippen molar-refractivity contribution in [2.45, 2.75) is 11.8 Å². The summed E-state index contributed by atoms with van der Waals surface area (Å²) in [4.78, 5) is 0. The van der Waals surface area contributed by atoms with Crippen molar-refractivity contribution in [2.24, 2.45) is 5.73 Å². The minimum Gasteiger partial charge on any atom is -0.390 e. The first kappa shape index (κ1) is 12.6. The summed E-state index contributed by atoms with van der Waals surface area (Å²) in [5, 5.41) is 8.04. The van der Waals surface area contributed by atoms with Crippen molar-refractivity contribution in [3.8, 4) is 0 Å². The summed E-state index contributed by atoms with van der Waals surface area (Å²) < 4.78 is 52.9. The van der Waals surface area contributed by atoms with Crippen molar-refractivity contribution < 1.29 is 27.4 Å². The molecule has 0 amide bonds. The number of hydrogen-bond acceptors (Lipinski definition) is 3. The molecule has 0 rings (SSSR count). The molecule has 0 saturated carbocycles. The minimum atomic E-state index is -3.48. The van der Waals surface area contributed by atoms with Gasteiger partial charge in [0.2, 0.25) is 0 Å². The Bertz CT molecular complexity index is 138. The maximum Gasteiger partial charge on any atom is 0.293 e. The van der Waals surface area contributed by atoms with Crippen LogP contribution in [0.15, 0.2) is 0 Å². The van der Waals surface area contributed by atoms with E-state index in [2.05, 4.69) is 10.5 Å². The van der Waals surface area contributed by atoms with Gasteiger partial charge in [-0.2, -0.15) is 0 Å². The van der Waals surface area contributed by atoms with E-state index in [1.165, 1.54) is 0 Å². The lowest BCUT2D eigenvalue weighted by Gasteiger charge is -2.17. The minimum absolute atomic E-state index is 0.961. The summed E-state index contributed by atoms with van der Waals surface area (Å²) in [6, 6.07) is 0.